The molecule has 2 heterocycles. The monoisotopic (exact) mass is 286 g/mol. The number of para-hydroxylation sites is 1. The molecule has 0 saturated carbocycles. The van der Waals surface area contributed by atoms with E-state index in [1.807, 2.05) is 18.2 Å². The Hall–Kier alpha value is -2.52. The lowest BCUT2D eigenvalue weighted by molar-refractivity contribution is -0.137. The lowest BCUT2D eigenvalue weighted by atomic mass is 10.2. The molecule has 1 aliphatic rings. The highest BCUT2D eigenvalue weighted by atomic mass is 16.5. The van der Waals surface area contributed by atoms with E-state index in [0.717, 1.165) is 0 Å². The minimum absolute atomic E-state index is 0.0889. The molecule has 6 heteroatoms. The molecule has 3 rings (SSSR count). The first-order chi connectivity index (χ1) is 10.3. The van der Waals surface area contributed by atoms with Gasteiger partial charge in [0.25, 0.3) is 5.91 Å². The van der Waals surface area contributed by atoms with E-state index in [2.05, 4.69) is 0 Å². The first-order valence-electron chi connectivity index (χ1n) is 6.69. The van der Waals surface area contributed by atoms with Crippen molar-refractivity contribution >= 4 is 16.9 Å². The number of nitrogens with zero attached hydrogens (tertiary/aromatic N) is 2. The Balaban J connectivity index is 1.75. The Kier molecular flexibility index (Phi) is 3.75. The molecule has 0 N–H and O–H groups in total. The van der Waals surface area contributed by atoms with Gasteiger partial charge >= 0.3 is 0 Å². The average Bonchev–Trinajstić information content (AvgIpc) is 2.91. The second-order valence-electron chi connectivity index (χ2n) is 4.65. The molecule has 0 radical (unpaired) electrons. The van der Waals surface area contributed by atoms with Crippen LogP contribution in [0.25, 0.3) is 11.0 Å². The van der Waals surface area contributed by atoms with Gasteiger partial charge in [0.2, 0.25) is 5.76 Å². The number of furan rings is 1. The molecule has 1 aliphatic heterocycles. The van der Waals surface area contributed by atoms with Crippen molar-refractivity contribution in [2.45, 2.75) is 0 Å². The Morgan fingerprint density at radius 3 is 2.86 bits per heavy atom. The van der Waals surface area contributed by atoms with E-state index < -0.39 is 0 Å². The molecule has 1 aromatic heterocycles. The average molecular weight is 286 g/mol. The van der Waals surface area contributed by atoms with Gasteiger partial charge in [-0.3, -0.25) is 4.79 Å². The Morgan fingerprint density at radius 2 is 2.10 bits per heavy atom. The number of ether oxygens (including phenoxy) is 2. The molecule has 1 saturated heterocycles. The van der Waals surface area contributed by atoms with Crippen LogP contribution >= 0.6 is 0 Å². The van der Waals surface area contributed by atoms with Crippen molar-refractivity contribution in [2.24, 2.45) is 0 Å². The number of morpholine rings is 1. The highest BCUT2D eigenvalue weighted by Crippen LogP contribution is 2.32. The van der Waals surface area contributed by atoms with Crippen molar-refractivity contribution in [3.8, 4) is 11.8 Å². The third-order valence-corrected chi connectivity index (χ3v) is 3.36. The molecule has 21 heavy (non-hydrogen) atoms. The van der Waals surface area contributed by atoms with Gasteiger partial charge in [-0.05, 0) is 12.1 Å². The zero-order valence-electron chi connectivity index (χ0n) is 11.4. The fraction of sp³-hybridized carbons (Fsp3) is 0.333. The molecule has 6 nitrogen and oxygen atoms in total. The van der Waals surface area contributed by atoms with Gasteiger partial charge in [0.15, 0.2) is 12.4 Å². The molecule has 1 aromatic carbocycles. The van der Waals surface area contributed by atoms with Crippen molar-refractivity contribution in [2.75, 3.05) is 32.9 Å². The zero-order valence-corrected chi connectivity index (χ0v) is 11.4. The molecule has 2 aromatic rings. The quantitative estimate of drug-likeness (QED) is 0.855. The molecule has 1 fully saturated rings. The van der Waals surface area contributed by atoms with Crippen LogP contribution in [0.15, 0.2) is 28.7 Å². The first kappa shape index (κ1) is 13.5. The van der Waals surface area contributed by atoms with E-state index in [0.29, 0.717) is 43.0 Å². The minimum atomic E-state index is -0.118. The Morgan fingerprint density at radius 1 is 1.33 bits per heavy atom. The van der Waals surface area contributed by atoms with Crippen LogP contribution in [-0.4, -0.2) is 43.7 Å². The number of benzene rings is 1. The second kappa shape index (κ2) is 5.85. The molecule has 1 amide bonds. The van der Waals surface area contributed by atoms with Crippen molar-refractivity contribution in [3.63, 3.8) is 0 Å². The topological polar surface area (TPSA) is 75.7 Å². The highest BCUT2D eigenvalue weighted by molar-refractivity contribution is 5.87. The molecular formula is C15H14N2O4. The largest absolute Gasteiger partial charge is 0.478 e. The first-order valence-corrected chi connectivity index (χ1v) is 6.69. The van der Waals surface area contributed by atoms with Crippen LogP contribution in [0.4, 0.5) is 0 Å². The standard InChI is InChI=1S/C15H14N2O4/c16-9-13-15(11-3-1-2-4-12(11)21-13)20-10-14(18)17-5-7-19-8-6-17/h1-4H,5-8,10H2. The number of fused-ring (bicyclic) bond motifs is 1. The predicted molar refractivity (Wildman–Crippen MR) is 73.8 cm³/mol. The Bertz CT molecular complexity index is 695. The summed E-state index contributed by atoms with van der Waals surface area (Å²) < 4.78 is 16.1. The summed E-state index contributed by atoms with van der Waals surface area (Å²) in [7, 11) is 0. The van der Waals surface area contributed by atoms with E-state index in [9.17, 15) is 4.79 Å². The predicted octanol–water partition coefficient (Wildman–Crippen LogP) is 1.54. The van der Waals surface area contributed by atoms with Crippen LogP contribution in [0.3, 0.4) is 0 Å². The summed E-state index contributed by atoms with van der Waals surface area (Å²) in [4.78, 5) is 13.8. The summed E-state index contributed by atoms with van der Waals surface area (Å²) in [5.74, 6) is 0.299. The van der Waals surface area contributed by atoms with Crippen LogP contribution in [0.2, 0.25) is 0 Å². The summed E-state index contributed by atoms with van der Waals surface area (Å²) in [6, 6.07) is 9.15. The lowest BCUT2D eigenvalue weighted by Gasteiger charge is -2.26. The number of carbonyl (C=O) groups excluding carboxylic acids is 1. The summed E-state index contributed by atoms with van der Waals surface area (Å²) in [5.41, 5.74) is 0.572. The number of amides is 1. The summed E-state index contributed by atoms with van der Waals surface area (Å²) in [5, 5.41) is 9.80. The van der Waals surface area contributed by atoms with Crippen LogP contribution in [0.1, 0.15) is 5.76 Å². The van der Waals surface area contributed by atoms with Crippen LogP contribution in [-0.2, 0) is 9.53 Å². The summed E-state index contributed by atoms with van der Waals surface area (Å²) >= 11 is 0. The van der Waals surface area contributed by atoms with Gasteiger partial charge in [-0.25, -0.2) is 0 Å². The van der Waals surface area contributed by atoms with E-state index in [-0.39, 0.29) is 18.3 Å². The van der Waals surface area contributed by atoms with Crippen molar-refractivity contribution in [1.82, 2.24) is 4.90 Å². The molecule has 0 bridgehead atoms. The van der Waals surface area contributed by atoms with Gasteiger partial charge in [0, 0.05) is 13.1 Å². The van der Waals surface area contributed by atoms with Gasteiger partial charge < -0.3 is 18.8 Å². The molecule has 0 unspecified atom stereocenters. The van der Waals surface area contributed by atoms with Crippen molar-refractivity contribution in [1.29, 1.82) is 5.26 Å². The summed E-state index contributed by atoms with van der Waals surface area (Å²) in [6.45, 7) is 2.12. The number of rotatable bonds is 3. The van der Waals surface area contributed by atoms with E-state index >= 15 is 0 Å². The number of carbonyl (C=O) groups is 1. The maximum atomic E-state index is 12.1. The van der Waals surface area contributed by atoms with Gasteiger partial charge in [-0.1, -0.05) is 12.1 Å². The highest BCUT2D eigenvalue weighted by Gasteiger charge is 2.20. The van der Waals surface area contributed by atoms with Crippen molar-refractivity contribution in [3.05, 3.63) is 30.0 Å². The molecule has 0 aliphatic carbocycles. The van der Waals surface area contributed by atoms with Crippen LogP contribution < -0.4 is 4.74 Å². The molecular weight excluding hydrogens is 272 g/mol. The Labute approximate surface area is 121 Å². The van der Waals surface area contributed by atoms with Crippen LogP contribution in [0.5, 0.6) is 5.75 Å². The fourth-order valence-electron chi connectivity index (χ4n) is 2.28. The van der Waals surface area contributed by atoms with Gasteiger partial charge in [0.1, 0.15) is 11.7 Å². The van der Waals surface area contributed by atoms with E-state index in [1.165, 1.54) is 0 Å². The maximum absolute atomic E-state index is 12.1. The number of nitriles is 1. The smallest absolute Gasteiger partial charge is 0.260 e. The molecule has 0 spiro atoms. The second-order valence-corrected chi connectivity index (χ2v) is 4.65. The van der Waals surface area contributed by atoms with Gasteiger partial charge in [-0.15, -0.1) is 0 Å². The van der Waals surface area contributed by atoms with Crippen LogP contribution in [0, 0.1) is 11.3 Å². The molecule has 0 atom stereocenters. The minimum Gasteiger partial charge on any atom is -0.478 e. The van der Waals surface area contributed by atoms with Crippen molar-refractivity contribution < 1.29 is 18.7 Å². The zero-order chi connectivity index (χ0) is 14.7. The third-order valence-electron chi connectivity index (χ3n) is 3.36. The SMILES string of the molecule is N#Cc1oc2ccccc2c1OCC(=O)N1CCOCC1. The fourth-order valence-corrected chi connectivity index (χ4v) is 2.28. The lowest BCUT2D eigenvalue weighted by Crippen LogP contribution is -2.43. The third kappa shape index (κ3) is 2.69. The normalized spacial score (nSPS) is 14.9. The number of hydrogen-bond acceptors (Lipinski definition) is 5. The van der Waals surface area contributed by atoms with E-state index in [4.69, 9.17) is 19.2 Å². The molecule has 108 valence electrons. The number of hydrogen-bond donors (Lipinski definition) is 0. The van der Waals surface area contributed by atoms with Gasteiger partial charge in [-0.2, -0.15) is 5.26 Å². The summed E-state index contributed by atoms with van der Waals surface area (Å²) in [6.07, 6.45) is 0. The van der Waals surface area contributed by atoms with Gasteiger partial charge in [0.05, 0.1) is 18.6 Å². The van der Waals surface area contributed by atoms with E-state index in [1.54, 1.807) is 17.0 Å². The maximum Gasteiger partial charge on any atom is 0.260 e.